The maximum Gasteiger partial charge on any atom is 0.508 e. The Hall–Kier alpha value is -9.15. The van der Waals surface area contributed by atoms with Crippen LogP contribution in [0.25, 0.3) is 0 Å². The van der Waals surface area contributed by atoms with Gasteiger partial charge in [0, 0.05) is 48.7 Å². The van der Waals surface area contributed by atoms with Crippen LogP contribution in [0.5, 0.6) is 0 Å². The number of alkyl halides is 6. The first-order valence-electron chi connectivity index (χ1n) is 29.7. The van der Waals surface area contributed by atoms with Gasteiger partial charge in [-0.2, -0.15) is 26.3 Å². The molecule has 476 valence electrons. The number of carbonyl (C=O) groups excluding carboxylic acids is 1. The second kappa shape index (κ2) is 29.0. The van der Waals surface area contributed by atoms with Crippen molar-refractivity contribution < 1.29 is 57.4 Å². The summed E-state index contributed by atoms with van der Waals surface area (Å²) in [5, 5.41) is 0. The van der Waals surface area contributed by atoms with E-state index in [0.717, 1.165) is 57.6 Å². The Morgan fingerprint density at radius 3 is 0.935 bits per heavy atom. The lowest BCUT2D eigenvalue weighted by Gasteiger charge is -2.34. The normalized spacial score (nSPS) is 13.1. The van der Waals surface area contributed by atoms with E-state index < -0.39 is 83.9 Å². The van der Waals surface area contributed by atoms with Crippen LogP contribution in [0, 0.1) is 0 Å². The fourth-order valence-electron chi connectivity index (χ4n) is 11.7. The van der Waals surface area contributed by atoms with Gasteiger partial charge >= 0.3 is 18.5 Å². The van der Waals surface area contributed by atoms with Crippen LogP contribution in [-0.4, -0.2) is 67.6 Å². The van der Waals surface area contributed by atoms with Crippen molar-refractivity contribution in [2.45, 2.75) is 73.8 Å². The second-order valence-electron chi connectivity index (χ2n) is 22.3. The predicted molar refractivity (Wildman–Crippen MR) is 339 cm³/mol. The lowest BCUT2D eigenvalue weighted by atomic mass is 9.69. The molecule has 2 aromatic heterocycles. The molecule has 92 heavy (non-hydrogen) atoms. The van der Waals surface area contributed by atoms with E-state index in [1.165, 1.54) is 24.3 Å². The van der Waals surface area contributed by atoms with Gasteiger partial charge in [0.25, 0.3) is 0 Å². The highest BCUT2D eigenvalue weighted by Gasteiger charge is 2.43. The van der Waals surface area contributed by atoms with E-state index in [0.29, 0.717) is 34.2 Å². The van der Waals surface area contributed by atoms with Crippen molar-refractivity contribution in [1.82, 2.24) is 29.4 Å². The van der Waals surface area contributed by atoms with Gasteiger partial charge in [0.05, 0.1) is 35.8 Å². The molecule has 2 atom stereocenters. The second-order valence-corrected chi connectivity index (χ2v) is 26.0. The zero-order valence-corrected chi connectivity index (χ0v) is 51.3. The van der Waals surface area contributed by atoms with Crippen molar-refractivity contribution in [1.29, 1.82) is 0 Å². The summed E-state index contributed by atoms with van der Waals surface area (Å²) in [4.78, 5) is 30.3. The molecule has 4 N–H and O–H groups in total. The largest absolute Gasteiger partial charge is 0.508 e. The summed E-state index contributed by atoms with van der Waals surface area (Å²) >= 11 is 0. The summed E-state index contributed by atoms with van der Waals surface area (Å²) in [5.41, 5.74) is 3.03. The van der Waals surface area contributed by atoms with E-state index in [1.54, 1.807) is 12.4 Å². The van der Waals surface area contributed by atoms with Crippen LogP contribution in [0.1, 0.15) is 116 Å². The molecule has 10 aromatic rings. The number of aromatic nitrogens is 4. The Kier molecular flexibility index (Phi) is 20.7. The molecule has 0 saturated heterocycles. The number of hydrogen-bond acceptors (Lipinski definition) is 9. The van der Waals surface area contributed by atoms with Gasteiger partial charge < -0.3 is 19.4 Å². The smallest absolute Gasteiger partial charge is 0.434 e. The highest BCUT2D eigenvalue weighted by Crippen LogP contribution is 2.46. The van der Waals surface area contributed by atoms with Gasteiger partial charge in [-0.25, -0.2) is 41.0 Å². The molecule has 10 rings (SSSR count). The highest BCUT2D eigenvalue weighted by atomic mass is 32.2. The van der Waals surface area contributed by atoms with E-state index in [2.05, 4.69) is 19.4 Å². The molecule has 0 fully saturated rings. The lowest BCUT2D eigenvalue weighted by Crippen LogP contribution is -2.32. The van der Waals surface area contributed by atoms with Gasteiger partial charge in [-0.15, -0.1) is 0 Å². The summed E-state index contributed by atoms with van der Waals surface area (Å²) in [5.74, 6) is -1.56. The van der Waals surface area contributed by atoms with Gasteiger partial charge in [0.15, 0.2) is 0 Å². The van der Waals surface area contributed by atoms with Crippen molar-refractivity contribution >= 4 is 26.2 Å². The van der Waals surface area contributed by atoms with Crippen LogP contribution in [0.2, 0.25) is 0 Å². The number of nitrogens with zero attached hydrogens (tertiary/aromatic N) is 2. The van der Waals surface area contributed by atoms with Crippen LogP contribution in [-0.2, 0) is 65.8 Å². The molecule has 0 bridgehead atoms. The molecular weight excluding hydrogens is 1230 g/mol. The minimum absolute atomic E-state index is 0.139. The minimum Gasteiger partial charge on any atom is -0.434 e. The molecule has 0 radical (unpaired) electrons. The Labute approximate surface area is 530 Å². The van der Waals surface area contributed by atoms with Crippen molar-refractivity contribution in [3.8, 4) is 0 Å². The number of nitrogens with one attached hydrogen (secondary N) is 4. The number of aromatic amines is 2. The molecule has 8 aromatic carbocycles. The van der Waals surface area contributed by atoms with E-state index >= 15 is 0 Å². The molecule has 0 aliphatic heterocycles. The van der Waals surface area contributed by atoms with Crippen molar-refractivity contribution in [2.75, 3.05) is 24.7 Å². The number of ether oxygens (including phenoxy) is 2. The summed E-state index contributed by atoms with van der Waals surface area (Å²) in [6.45, 7) is -0.970. The number of hydrogen-bond donors (Lipinski definition) is 4. The Bertz CT molecular complexity index is 3740. The topological polar surface area (TPSA) is 185 Å². The summed E-state index contributed by atoms with van der Waals surface area (Å²) in [6.07, 6.45) is -6.43. The maximum atomic E-state index is 14.0. The third-order valence-electron chi connectivity index (χ3n) is 16.3. The quantitative estimate of drug-likeness (QED) is 0.0160. The average molecular weight is 1290 g/mol. The van der Waals surface area contributed by atoms with E-state index in [1.807, 2.05) is 182 Å². The number of sulfonamides is 2. The van der Waals surface area contributed by atoms with Crippen LogP contribution >= 0.6 is 0 Å². The highest BCUT2D eigenvalue weighted by molar-refractivity contribution is 7.89. The lowest BCUT2D eigenvalue weighted by molar-refractivity contribution is -0.138. The van der Waals surface area contributed by atoms with Gasteiger partial charge in [-0.3, -0.25) is 0 Å². The molecule has 2 unspecified atom stereocenters. The van der Waals surface area contributed by atoms with Gasteiger partial charge in [-0.1, -0.05) is 206 Å². The number of halogens is 6. The van der Waals surface area contributed by atoms with E-state index in [-0.39, 0.29) is 52.0 Å². The Balaban J connectivity index is 0.860. The van der Waals surface area contributed by atoms with Crippen molar-refractivity contribution in [3.05, 3.63) is 322 Å². The zero-order chi connectivity index (χ0) is 64.8. The molecule has 0 spiro atoms. The van der Waals surface area contributed by atoms with Crippen LogP contribution in [0.4, 0.5) is 31.1 Å². The van der Waals surface area contributed by atoms with Crippen LogP contribution in [0.15, 0.2) is 243 Å². The number of H-pyrrole nitrogens is 2. The SMILES string of the molecule is O=C(OCCCC(CS(=O)(=O)NCc1ccc(C(F)(F)F)cc1)c1cnc(C(c2ccccc2)(c2ccccc2)c2ccccc2)[nH]1)OCCCC(CS(=O)(=O)NCc1ccc(C(F)(F)F)cc1)c1cnc(C(c2ccccc2)(c2ccccc2)c2ccccc2)[nH]1. The van der Waals surface area contributed by atoms with Crippen molar-refractivity contribution in [2.24, 2.45) is 0 Å². The van der Waals surface area contributed by atoms with Gasteiger partial charge in [0.1, 0.15) is 22.5 Å². The third-order valence-corrected chi connectivity index (χ3v) is 19.1. The predicted octanol–water partition coefficient (Wildman–Crippen LogP) is 14.8. The number of carbonyl (C=O) groups is 1. The molecule has 0 amide bonds. The van der Waals surface area contributed by atoms with Crippen LogP contribution in [0.3, 0.4) is 0 Å². The summed E-state index contributed by atoms with van der Waals surface area (Å²) in [7, 11) is -8.31. The zero-order valence-electron chi connectivity index (χ0n) is 49.7. The molecular formula is C71H66F6N6O7S2. The van der Waals surface area contributed by atoms with E-state index in [4.69, 9.17) is 19.4 Å². The molecule has 13 nitrogen and oxygen atoms in total. The first kappa shape index (κ1) is 65.8. The fourth-order valence-corrected chi connectivity index (χ4v) is 14.5. The monoisotopic (exact) mass is 1290 g/mol. The number of benzene rings is 8. The number of imidazole rings is 2. The Morgan fingerprint density at radius 1 is 0.402 bits per heavy atom. The molecule has 0 aliphatic rings. The standard InChI is InChI=1S/C71H66F6N6O7S2/c72-70(73,74)61-39-35-51(36-40-61)45-80-91(85,86)49-53(63-47-78-65(82-63)68(55-23-7-1-8-24-55,56-25-9-2-10-26-56)57-27-11-3-12-28-57)21-19-43-89-67(84)90-44-20-22-54(50-92(87,88)81-46-52-37-41-62(42-38-52)71(75,76)77)64-48-79-66(83-64)69(58-29-13-4-14-30-58,59-31-15-5-16-32-59)60-33-17-6-18-34-60/h1-18,23-42,47-48,53-54,80-81H,19-22,43-46,49-50H2,(H,78,82)(H,79,83). The first-order chi connectivity index (χ1) is 44.2. The fraction of sp³-hybridized carbons (Fsp3) is 0.225. The molecule has 21 heteroatoms. The van der Waals surface area contributed by atoms with Crippen molar-refractivity contribution in [3.63, 3.8) is 0 Å². The first-order valence-corrected chi connectivity index (χ1v) is 33.1. The average Bonchev–Trinajstić information content (AvgIpc) is 1.28. The summed E-state index contributed by atoms with van der Waals surface area (Å²) in [6, 6.07) is 66.9. The van der Waals surface area contributed by atoms with Gasteiger partial charge in [0.2, 0.25) is 20.0 Å². The summed E-state index contributed by atoms with van der Waals surface area (Å²) < 4.78 is 153. The Morgan fingerprint density at radius 2 is 0.674 bits per heavy atom. The van der Waals surface area contributed by atoms with Crippen LogP contribution < -0.4 is 9.44 Å². The van der Waals surface area contributed by atoms with E-state index in [9.17, 15) is 48.0 Å². The molecule has 0 saturated carbocycles. The minimum atomic E-state index is -4.57. The third kappa shape index (κ3) is 15.8. The number of rotatable bonds is 28. The van der Waals surface area contributed by atoms with Gasteiger partial charge in [-0.05, 0) is 94.5 Å². The maximum absolute atomic E-state index is 14.0. The molecule has 2 heterocycles. The molecule has 0 aliphatic carbocycles.